The Morgan fingerprint density at radius 2 is 1.76 bits per heavy atom. The largest absolute Gasteiger partial charge is 0.507 e. The van der Waals surface area contributed by atoms with Crippen molar-refractivity contribution in [3.05, 3.63) is 87.0 Å². The molecule has 236 valence electrons. The second-order valence-corrected chi connectivity index (χ2v) is 12.3. The maximum Gasteiger partial charge on any atom is 0.198 e. The number of phenolic OH excluding ortho intramolecular Hbond substituents is 2. The predicted molar refractivity (Wildman–Crippen MR) is 162 cm³/mol. The van der Waals surface area contributed by atoms with Gasteiger partial charge in [-0.25, -0.2) is 0 Å². The first-order chi connectivity index (χ1) is 21.3. The Morgan fingerprint density at radius 3 is 2.44 bits per heavy atom. The molecular formula is C34H36N2O9. The number of fused-ring (bicyclic) bond motifs is 3. The van der Waals surface area contributed by atoms with E-state index in [9.17, 15) is 34.8 Å². The van der Waals surface area contributed by atoms with Crippen LogP contribution in [0.25, 0.3) is 0 Å². The van der Waals surface area contributed by atoms with Gasteiger partial charge in [-0.1, -0.05) is 30.3 Å². The monoisotopic (exact) mass is 616 g/mol. The molecule has 6 atom stereocenters. The van der Waals surface area contributed by atoms with Crippen molar-refractivity contribution >= 4 is 23.0 Å². The summed E-state index contributed by atoms with van der Waals surface area (Å²) in [5.74, 6) is -3.02. The third-order valence-corrected chi connectivity index (χ3v) is 9.33. The summed E-state index contributed by atoms with van der Waals surface area (Å²) >= 11 is 0. The highest BCUT2D eigenvalue weighted by atomic mass is 16.7. The van der Waals surface area contributed by atoms with Crippen molar-refractivity contribution in [2.45, 2.75) is 82.8 Å². The number of ether oxygens (including phenoxy) is 2. The molecular weight excluding hydrogens is 580 g/mol. The second kappa shape index (κ2) is 11.3. The molecule has 0 bridgehead atoms. The van der Waals surface area contributed by atoms with Crippen LogP contribution in [0.2, 0.25) is 0 Å². The number of hydrogen-bond acceptors (Lipinski definition) is 11. The first-order valence-corrected chi connectivity index (χ1v) is 14.9. The standard InChI is InChI=1S/C34H36N2O9/c1-15-5-4-6-20-25(15)32(41)28-27(30(20)39)31(40)21-12-34(43,17(3)37)13-23(26(21)33(28)42)45-24-11-22(29(38)16(2)44-24)36-14-18-7-9-19(35)10-8-18/h4-10,16,22-24,29,36,38,40,42-43H,11-14,35H2,1-3H3/t16-,22-,23?,24-,29+,34?/m0/s1. The van der Waals surface area contributed by atoms with E-state index < -0.39 is 71.5 Å². The van der Waals surface area contributed by atoms with Gasteiger partial charge in [-0.05, 0) is 44.0 Å². The number of benzene rings is 3. The number of carbonyl (C=O) groups is 3. The van der Waals surface area contributed by atoms with Crippen LogP contribution in [-0.4, -0.2) is 67.9 Å². The summed E-state index contributed by atoms with van der Waals surface area (Å²) in [5, 5.41) is 48.8. The van der Waals surface area contributed by atoms with Gasteiger partial charge in [0.25, 0.3) is 0 Å². The Balaban J connectivity index is 1.37. The highest BCUT2D eigenvalue weighted by Crippen LogP contribution is 2.52. The van der Waals surface area contributed by atoms with Gasteiger partial charge >= 0.3 is 0 Å². The zero-order valence-electron chi connectivity index (χ0n) is 25.2. The lowest BCUT2D eigenvalue weighted by atomic mass is 9.71. The molecule has 3 aliphatic rings. The minimum absolute atomic E-state index is 0.00381. The third kappa shape index (κ3) is 5.20. The molecule has 2 unspecified atom stereocenters. The number of carbonyl (C=O) groups excluding carboxylic acids is 3. The Morgan fingerprint density at radius 1 is 1.07 bits per heavy atom. The normalized spacial score (nSPS) is 27.4. The van der Waals surface area contributed by atoms with Crippen LogP contribution in [0, 0.1) is 6.92 Å². The van der Waals surface area contributed by atoms with Crippen LogP contribution in [0.5, 0.6) is 11.5 Å². The molecule has 0 amide bonds. The number of anilines is 1. The molecule has 11 heteroatoms. The van der Waals surface area contributed by atoms with Crippen molar-refractivity contribution in [2.24, 2.45) is 0 Å². The average Bonchev–Trinajstić information content (AvgIpc) is 2.99. The van der Waals surface area contributed by atoms with Crippen LogP contribution in [0.15, 0.2) is 42.5 Å². The topological polar surface area (TPSA) is 189 Å². The van der Waals surface area contributed by atoms with Crippen molar-refractivity contribution in [1.29, 1.82) is 0 Å². The summed E-state index contributed by atoms with van der Waals surface area (Å²) in [6.45, 7) is 4.99. The van der Waals surface area contributed by atoms with Crippen molar-refractivity contribution in [3.63, 3.8) is 0 Å². The van der Waals surface area contributed by atoms with Crippen molar-refractivity contribution in [2.75, 3.05) is 5.73 Å². The molecule has 1 saturated heterocycles. The van der Waals surface area contributed by atoms with Crippen LogP contribution in [0.1, 0.15) is 86.9 Å². The Hall–Kier alpha value is -4.13. The van der Waals surface area contributed by atoms with Gasteiger partial charge in [-0.2, -0.15) is 0 Å². The number of hydrogen-bond donors (Lipinski definition) is 6. The highest BCUT2D eigenvalue weighted by Gasteiger charge is 2.49. The SMILES string of the molecule is CC(=O)C1(O)Cc2c(O)c3c(c(O)c2C(O[C@H]2C[C@H](NCc4ccc(N)cc4)[C@H](O)[C@H](C)O2)C1)C(=O)c1c(C)cccc1C3=O. The smallest absolute Gasteiger partial charge is 0.198 e. The van der Waals surface area contributed by atoms with Gasteiger partial charge in [0.2, 0.25) is 0 Å². The van der Waals surface area contributed by atoms with E-state index in [1.165, 1.54) is 13.0 Å². The van der Waals surface area contributed by atoms with E-state index in [-0.39, 0.29) is 46.2 Å². The molecule has 0 saturated carbocycles. The number of aliphatic hydroxyl groups excluding tert-OH is 1. The number of aliphatic hydroxyl groups is 2. The average molecular weight is 617 g/mol. The number of aromatic hydroxyl groups is 2. The molecule has 6 rings (SSSR count). The van der Waals surface area contributed by atoms with Crippen LogP contribution in [-0.2, 0) is 27.2 Å². The molecule has 3 aromatic rings. The lowest BCUT2D eigenvalue weighted by molar-refractivity contribution is -0.249. The summed E-state index contributed by atoms with van der Waals surface area (Å²) < 4.78 is 12.3. The van der Waals surface area contributed by atoms with E-state index in [1.54, 1.807) is 38.1 Å². The van der Waals surface area contributed by atoms with Gasteiger partial charge in [0.15, 0.2) is 23.6 Å². The van der Waals surface area contributed by atoms with E-state index in [0.29, 0.717) is 17.8 Å². The highest BCUT2D eigenvalue weighted by molar-refractivity contribution is 6.31. The molecule has 1 fully saturated rings. The molecule has 2 aliphatic carbocycles. The molecule has 0 spiro atoms. The first kappa shape index (κ1) is 30.9. The van der Waals surface area contributed by atoms with E-state index in [1.807, 2.05) is 12.1 Å². The maximum absolute atomic E-state index is 13.8. The van der Waals surface area contributed by atoms with Crippen molar-refractivity contribution in [3.8, 4) is 11.5 Å². The van der Waals surface area contributed by atoms with Crippen molar-refractivity contribution in [1.82, 2.24) is 5.32 Å². The zero-order chi connectivity index (χ0) is 32.4. The summed E-state index contributed by atoms with van der Waals surface area (Å²) in [6, 6.07) is 11.6. The number of nitrogen functional groups attached to an aromatic ring is 1. The minimum Gasteiger partial charge on any atom is -0.507 e. The van der Waals surface area contributed by atoms with Gasteiger partial charge in [0.1, 0.15) is 17.1 Å². The minimum atomic E-state index is -2.00. The Kier molecular flexibility index (Phi) is 7.78. The predicted octanol–water partition coefficient (Wildman–Crippen LogP) is 2.74. The summed E-state index contributed by atoms with van der Waals surface area (Å²) in [7, 11) is 0. The van der Waals surface area contributed by atoms with E-state index in [2.05, 4.69) is 5.32 Å². The summed E-state index contributed by atoms with van der Waals surface area (Å²) in [5.41, 5.74) is 5.34. The second-order valence-electron chi connectivity index (χ2n) is 12.3. The zero-order valence-corrected chi connectivity index (χ0v) is 25.2. The molecule has 1 aliphatic heterocycles. The molecule has 0 aromatic heterocycles. The molecule has 1 heterocycles. The lowest BCUT2D eigenvalue weighted by Crippen LogP contribution is -2.54. The van der Waals surface area contributed by atoms with Gasteiger partial charge in [0, 0.05) is 59.8 Å². The van der Waals surface area contributed by atoms with Crippen LogP contribution >= 0.6 is 0 Å². The van der Waals surface area contributed by atoms with Crippen LogP contribution < -0.4 is 11.1 Å². The fourth-order valence-electron chi connectivity index (χ4n) is 6.75. The number of Topliss-reactive ketones (excluding diaryl/α,β-unsaturated/α-hetero) is 1. The summed E-state index contributed by atoms with van der Waals surface area (Å²) in [6.07, 6.45) is -4.30. The maximum atomic E-state index is 13.8. The number of phenols is 2. The first-order valence-electron chi connectivity index (χ1n) is 14.9. The van der Waals surface area contributed by atoms with E-state index >= 15 is 0 Å². The van der Waals surface area contributed by atoms with Gasteiger partial charge < -0.3 is 41.0 Å². The fourth-order valence-corrected chi connectivity index (χ4v) is 6.75. The third-order valence-electron chi connectivity index (χ3n) is 9.33. The van der Waals surface area contributed by atoms with E-state index in [4.69, 9.17) is 15.2 Å². The number of rotatable bonds is 6. The number of nitrogens with one attached hydrogen (secondary N) is 1. The van der Waals surface area contributed by atoms with Gasteiger partial charge in [-0.15, -0.1) is 0 Å². The Bertz CT molecular complexity index is 1720. The fraction of sp³-hybridized carbons (Fsp3) is 0.382. The number of nitrogens with two attached hydrogens (primary N) is 1. The van der Waals surface area contributed by atoms with Crippen LogP contribution in [0.3, 0.4) is 0 Å². The molecule has 3 aromatic carbocycles. The quantitative estimate of drug-likeness (QED) is 0.138. The van der Waals surface area contributed by atoms with Crippen LogP contribution in [0.4, 0.5) is 5.69 Å². The number of aryl methyl sites for hydroxylation is 1. The number of ketones is 3. The van der Waals surface area contributed by atoms with Gasteiger partial charge in [-0.3, -0.25) is 14.4 Å². The van der Waals surface area contributed by atoms with Crippen molar-refractivity contribution < 1.29 is 44.3 Å². The molecule has 7 N–H and O–H groups in total. The van der Waals surface area contributed by atoms with Gasteiger partial charge in [0.05, 0.1) is 29.4 Å². The molecule has 45 heavy (non-hydrogen) atoms. The van der Waals surface area contributed by atoms with E-state index in [0.717, 1.165) is 5.56 Å². The lowest BCUT2D eigenvalue weighted by Gasteiger charge is -2.43. The molecule has 0 radical (unpaired) electrons. The molecule has 11 nitrogen and oxygen atoms in total. The summed E-state index contributed by atoms with van der Waals surface area (Å²) in [4.78, 5) is 40.1. The Labute approximate surface area is 259 Å².